The molecule has 1 aromatic rings. The van der Waals surface area contributed by atoms with Gasteiger partial charge in [-0.15, -0.1) is 12.3 Å². The molecule has 1 atom stereocenters. The predicted octanol–water partition coefficient (Wildman–Crippen LogP) is 5.25. The standard InChI is InChI=1S/C17H22/c1-5-10-16(13-14(3)4)17(6-2)15-11-8-7-9-12-15/h5,7-9,11-12,17H,1,6,10H2,2-4H3. The molecule has 0 aliphatic carbocycles. The van der Waals surface area contributed by atoms with E-state index < -0.39 is 0 Å². The van der Waals surface area contributed by atoms with Crippen molar-refractivity contribution in [3.05, 3.63) is 65.4 Å². The summed E-state index contributed by atoms with van der Waals surface area (Å²) in [6.07, 6.45) is 3.99. The summed E-state index contributed by atoms with van der Waals surface area (Å²) in [5, 5.41) is 0. The molecule has 0 aliphatic rings. The molecule has 0 aliphatic heterocycles. The molecule has 0 bridgehead atoms. The SMILES string of the molecule is C=CCC(=C=C(C)C)C(CC)c1ccccc1. The lowest BCUT2D eigenvalue weighted by Gasteiger charge is -2.17. The van der Waals surface area contributed by atoms with Crippen LogP contribution < -0.4 is 0 Å². The summed E-state index contributed by atoms with van der Waals surface area (Å²) in [6, 6.07) is 10.7. The van der Waals surface area contributed by atoms with Crippen LogP contribution in [0.1, 0.15) is 45.1 Å². The molecule has 0 heterocycles. The molecule has 1 rings (SSSR count). The Labute approximate surface area is 105 Å². The van der Waals surface area contributed by atoms with Crippen molar-refractivity contribution in [2.24, 2.45) is 0 Å². The van der Waals surface area contributed by atoms with Crippen molar-refractivity contribution < 1.29 is 0 Å². The Morgan fingerprint density at radius 3 is 2.41 bits per heavy atom. The van der Waals surface area contributed by atoms with Gasteiger partial charge < -0.3 is 0 Å². The van der Waals surface area contributed by atoms with Crippen LogP contribution in [0, 0.1) is 0 Å². The van der Waals surface area contributed by atoms with E-state index in [-0.39, 0.29) is 0 Å². The molecular weight excluding hydrogens is 204 g/mol. The van der Waals surface area contributed by atoms with Gasteiger partial charge in [-0.05, 0) is 43.4 Å². The summed E-state index contributed by atoms with van der Waals surface area (Å²) in [5.41, 5.74) is 7.44. The number of benzene rings is 1. The second kappa shape index (κ2) is 6.93. The third kappa shape index (κ3) is 4.09. The highest BCUT2D eigenvalue weighted by Crippen LogP contribution is 2.29. The highest BCUT2D eigenvalue weighted by molar-refractivity contribution is 5.30. The van der Waals surface area contributed by atoms with Gasteiger partial charge in [0.15, 0.2) is 0 Å². The first kappa shape index (κ1) is 13.5. The van der Waals surface area contributed by atoms with Crippen LogP contribution in [0.4, 0.5) is 0 Å². The zero-order chi connectivity index (χ0) is 12.7. The molecule has 17 heavy (non-hydrogen) atoms. The van der Waals surface area contributed by atoms with Gasteiger partial charge in [-0.25, -0.2) is 0 Å². The highest BCUT2D eigenvalue weighted by Gasteiger charge is 2.13. The summed E-state index contributed by atoms with van der Waals surface area (Å²) in [7, 11) is 0. The number of hydrogen-bond donors (Lipinski definition) is 0. The summed E-state index contributed by atoms with van der Waals surface area (Å²) >= 11 is 0. The second-order valence-corrected chi connectivity index (χ2v) is 4.51. The Morgan fingerprint density at radius 2 is 1.94 bits per heavy atom. The van der Waals surface area contributed by atoms with Crippen molar-refractivity contribution in [1.82, 2.24) is 0 Å². The second-order valence-electron chi connectivity index (χ2n) is 4.51. The minimum absolute atomic E-state index is 0.462. The molecule has 0 saturated heterocycles. The molecule has 0 nitrogen and oxygen atoms in total. The largest absolute Gasteiger partial charge is 0.122 e. The number of hydrogen-bond acceptors (Lipinski definition) is 0. The van der Waals surface area contributed by atoms with Gasteiger partial charge in [0, 0.05) is 5.92 Å². The average molecular weight is 226 g/mol. The van der Waals surface area contributed by atoms with Crippen LogP contribution in [0.3, 0.4) is 0 Å². The van der Waals surface area contributed by atoms with E-state index >= 15 is 0 Å². The van der Waals surface area contributed by atoms with Gasteiger partial charge in [0.1, 0.15) is 0 Å². The Kier molecular flexibility index (Phi) is 5.52. The smallest absolute Gasteiger partial charge is 0.0125 e. The highest BCUT2D eigenvalue weighted by atomic mass is 14.2. The summed E-state index contributed by atoms with van der Waals surface area (Å²) < 4.78 is 0. The Morgan fingerprint density at radius 1 is 1.29 bits per heavy atom. The van der Waals surface area contributed by atoms with Crippen LogP contribution in [0.25, 0.3) is 0 Å². The number of rotatable bonds is 5. The fourth-order valence-electron chi connectivity index (χ4n) is 2.13. The van der Waals surface area contributed by atoms with Crippen molar-refractivity contribution in [1.29, 1.82) is 0 Å². The Balaban J connectivity index is 3.16. The Hall–Kier alpha value is -1.52. The van der Waals surface area contributed by atoms with Crippen LogP contribution >= 0.6 is 0 Å². The molecule has 0 N–H and O–H groups in total. The fourth-order valence-corrected chi connectivity index (χ4v) is 2.13. The van der Waals surface area contributed by atoms with Crippen LogP contribution in [-0.4, -0.2) is 0 Å². The van der Waals surface area contributed by atoms with E-state index in [4.69, 9.17) is 0 Å². The first-order valence-corrected chi connectivity index (χ1v) is 6.27. The molecule has 0 saturated carbocycles. The van der Waals surface area contributed by atoms with E-state index in [1.807, 2.05) is 6.08 Å². The third-order valence-corrected chi connectivity index (χ3v) is 2.81. The molecule has 0 spiro atoms. The quantitative estimate of drug-likeness (QED) is 0.475. The first-order valence-electron chi connectivity index (χ1n) is 6.27. The van der Waals surface area contributed by atoms with Gasteiger partial charge in [-0.2, -0.15) is 0 Å². The monoisotopic (exact) mass is 226 g/mol. The van der Waals surface area contributed by atoms with Crippen molar-refractivity contribution in [3.8, 4) is 0 Å². The lowest BCUT2D eigenvalue weighted by Crippen LogP contribution is -2.00. The summed E-state index contributed by atoms with van der Waals surface area (Å²) in [5.74, 6) is 0.462. The maximum atomic E-state index is 3.85. The van der Waals surface area contributed by atoms with E-state index in [1.165, 1.54) is 16.7 Å². The molecule has 0 fully saturated rings. The molecule has 90 valence electrons. The third-order valence-electron chi connectivity index (χ3n) is 2.81. The molecule has 1 unspecified atom stereocenters. The van der Waals surface area contributed by atoms with Crippen LogP contribution in [-0.2, 0) is 0 Å². The van der Waals surface area contributed by atoms with Gasteiger partial charge in [0.05, 0.1) is 0 Å². The van der Waals surface area contributed by atoms with E-state index in [0.717, 1.165) is 12.8 Å². The van der Waals surface area contributed by atoms with Crippen molar-refractivity contribution in [2.45, 2.75) is 39.5 Å². The molecule has 0 aromatic heterocycles. The summed E-state index contributed by atoms with van der Waals surface area (Å²) in [4.78, 5) is 0. The van der Waals surface area contributed by atoms with Gasteiger partial charge in [0.25, 0.3) is 0 Å². The maximum absolute atomic E-state index is 3.85. The van der Waals surface area contributed by atoms with Crippen LogP contribution in [0.15, 0.2) is 59.9 Å². The topological polar surface area (TPSA) is 0 Å². The Bertz CT molecular complexity index is 413. The maximum Gasteiger partial charge on any atom is 0.0125 e. The van der Waals surface area contributed by atoms with Crippen molar-refractivity contribution >= 4 is 0 Å². The zero-order valence-corrected chi connectivity index (χ0v) is 11.2. The van der Waals surface area contributed by atoms with E-state index in [2.05, 4.69) is 63.4 Å². The van der Waals surface area contributed by atoms with E-state index in [9.17, 15) is 0 Å². The average Bonchev–Trinajstić information content (AvgIpc) is 2.31. The van der Waals surface area contributed by atoms with Gasteiger partial charge in [-0.3, -0.25) is 0 Å². The molecule has 0 amide bonds. The minimum Gasteiger partial charge on any atom is -0.122 e. The van der Waals surface area contributed by atoms with Crippen LogP contribution in [0.5, 0.6) is 0 Å². The molecule has 1 aromatic carbocycles. The van der Waals surface area contributed by atoms with Gasteiger partial charge in [-0.1, -0.05) is 43.3 Å². The minimum atomic E-state index is 0.462. The lowest BCUT2D eigenvalue weighted by atomic mass is 9.87. The zero-order valence-electron chi connectivity index (χ0n) is 11.2. The molecule has 0 heteroatoms. The van der Waals surface area contributed by atoms with Crippen molar-refractivity contribution in [2.75, 3.05) is 0 Å². The predicted molar refractivity (Wildman–Crippen MR) is 76.2 cm³/mol. The summed E-state index contributed by atoms with van der Waals surface area (Å²) in [6.45, 7) is 10.3. The first-order chi connectivity index (χ1) is 8.19. The van der Waals surface area contributed by atoms with Gasteiger partial charge in [0.2, 0.25) is 0 Å². The van der Waals surface area contributed by atoms with Crippen molar-refractivity contribution in [3.63, 3.8) is 0 Å². The van der Waals surface area contributed by atoms with E-state index in [1.54, 1.807) is 0 Å². The lowest BCUT2D eigenvalue weighted by molar-refractivity contribution is 0.743. The molecule has 0 radical (unpaired) electrons. The molecular formula is C17H22. The van der Waals surface area contributed by atoms with Crippen LogP contribution in [0.2, 0.25) is 0 Å². The number of allylic oxidation sites excluding steroid dienone is 2. The normalized spacial score (nSPS) is 11.5. The van der Waals surface area contributed by atoms with Gasteiger partial charge >= 0.3 is 0 Å². The van der Waals surface area contributed by atoms with E-state index in [0.29, 0.717) is 5.92 Å². The fraction of sp³-hybridized carbons (Fsp3) is 0.353.